The molecule has 0 aromatic heterocycles. The van der Waals surface area contributed by atoms with Crippen LogP contribution in [0, 0.1) is 5.92 Å². The lowest BCUT2D eigenvalue weighted by atomic mass is 9.83. The number of carbonyl (C=O) groups is 1. The minimum absolute atomic E-state index is 0.192. The van der Waals surface area contributed by atoms with Gasteiger partial charge in [0, 0.05) is 26.1 Å². The first-order valence-electron chi connectivity index (χ1n) is 5.75. The van der Waals surface area contributed by atoms with Crippen LogP contribution >= 0.6 is 0 Å². The van der Waals surface area contributed by atoms with Crippen LogP contribution in [0.15, 0.2) is 12.7 Å². The van der Waals surface area contributed by atoms with E-state index >= 15 is 0 Å². The van der Waals surface area contributed by atoms with Crippen molar-refractivity contribution in [2.75, 3.05) is 13.6 Å². The van der Waals surface area contributed by atoms with Gasteiger partial charge in [0.05, 0.1) is 0 Å². The van der Waals surface area contributed by atoms with Crippen LogP contribution in [0.1, 0.15) is 32.1 Å². The van der Waals surface area contributed by atoms with Crippen molar-refractivity contribution >= 4 is 5.91 Å². The summed E-state index contributed by atoms with van der Waals surface area (Å²) in [5.74, 6) is 0.579. The van der Waals surface area contributed by atoms with E-state index in [4.69, 9.17) is 5.73 Å². The highest BCUT2D eigenvalue weighted by atomic mass is 16.2. The minimum Gasteiger partial charge on any atom is -0.342 e. The summed E-state index contributed by atoms with van der Waals surface area (Å²) in [4.78, 5) is 13.5. The third-order valence-electron chi connectivity index (χ3n) is 3.23. The topological polar surface area (TPSA) is 46.3 Å². The molecule has 86 valence electrons. The fourth-order valence-corrected chi connectivity index (χ4v) is 2.17. The molecule has 1 rings (SSSR count). The smallest absolute Gasteiger partial charge is 0.222 e. The molecule has 2 unspecified atom stereocenters. The summed E-state index contributed by atoms with van der Waals surface area (Å²) in [5.41, 5.74) is 6.01. The molecule has 3 nitrogen and oxygen atoms in total. The van der Waals surface area contributed by atoms with E-state index in [1.807, 2.05) is 7.05 Å². The second-order valence-corrected chi connectivity index (χ2v) is 4.48. The summed E-state index contributed by atoms with van der Waals surface area (Å²) in [6.07, 6.45) is 6.97. The van der Waals surface area contributed by atoms with E-state index in [2.05, 4.69) is 6.58 Å². The van der Waals surface area contributed by atoms with Crippen LogP contribution in [0.2, 0.25) is 0 Å². The second-order valence-electron chi connectivity index (χ2n) is 4.48. The molecule has 0 saturated heterocycles. The highest BCUT2D eigenvalue weighted by Crippen LogP contribution is 2.25. The maximum atomic E-state index is 11.8. The van der Waals surface area contributed by atoms with Crippen molar-refractivity contribution in [2.24, 2.45) is 11.7 Å². The summed E-state index contributed by atoms with van der Waals surface area (Å²) in [7, 11) is 1.82. The monoisotopic (exact) mass is 210 g/mol. The van der Waals surface area contributed by atoms with Gasteiger partial charge in [-0.2, -0.15) is 0 Å². The van der Waals surface area contributed by atoms with Crippen LogP contribution in [0.4, 0.5) is 0 Å². The zero-order valence-electron chi connectivity index (χ0n) is 9.61. The Morgan fingerprint density at radius 2 is 2.20 bits per heavy atom. The third kappa shape index (κ3) is 3.67. The minimum atomic E-state index is 0.192. The zero-order chi connectivity index (χ0) is 11.3. The molecule has 2 atom stereocenters. The summed E-state index contributed by atoms with van der Waals surface area (Å²) in [6.45, 7) is 4.25. The number of rotatable bonds is 4. The Kier molecular flexibility index (Phi) is 4.82. The van der Waals surface area contributed by atoms with Crippen molar-refractivity contribution in [3.05, 3.63) is 12.7 Å². The Balaban J connectivity index is 2.38. The molecule has 1 aliphatic carbocycles. The number of hydrogen-bond acceptors (Lipinski definition) is 2. The predicted molar refractivity (Wildman–Crippen MR) is 62.4 cm³/mol. The lowest BCUT2D eigenvalue weighted by molar-refractivity contribution is -0.130. The van der Waals surface area contributed by atoms with Crippen LogP contribution in [-0.4, -0.2) is 30.4 Å². The van der Waals surface area contributed by atoms with Crippen molar-refractivity contribution in [1.29, 1.82) is 0 Å². The molecule has 0 aromatic carbocycles. The summed E-state index contributed by atoms with van der Waals surface area (Å²) < 4.78 is 0. The van der Waals surface area contributed by atoms with Crippen molar-refractivity contribution in [1.82, 2.24) is 4.90 Å². The maximum absolute atomic E-state index is 11.8. The molecule has 2 N–H and O–H groups in total. The quantitative estimate of drug-likeness (QED) is 0.715. The summed E-state index contributed by atoms with van der Waals surface area (Å²) in [6, 6.07) is 0.222. The number of nitrogens with two attached hydrogens (primary N) is 1. The average molecular weight is 210 g/mol. The van der Waals surface area contributed by atoms with Gasteiger partial charge in [0.2, 0.25) is 5.91 Å². The first-order valence-corrected chi connectivity index (χ1v) is 5.75. The van der Waals surface area contributed by atoms with Gasteiger partial charge in [-0.3, -0.25) is 4.79 Å². The fraction of sp³-hybridized carbons (Fsp3) is 0.750. The molecule has 0 heterocycles. The predicted octanol–water partition coefficient (Wildman–Crippen LogP) is 1.54. The van der Waals surface area contributed by atoms with Gasteiger partial charge in [0.15, 0.2) is 0 Å². The number of likely N-dealkylation sites (N-methyl/N-ethyl adjacent to an activating group) is 1. The van der Waals surface area contributed by atoms with E-state index in [1.54, 1.807) is 11.0 Å². The van der Waals surface area contributed by atoms with Gasteiger partial charge in [-0.15, -0.1) is 6.58 Å². The zero-order valence-corrected chi connectivity index (χ0v) is 9.61. The van der Waals surface area contributed by atoms with Gasteiger partial charge in [-0.05, 0) is 18.8 Å². The first-order chi connectivity index (χ1) is 7.15. The molecular weight excluding hydrogens is 188 g/mol. The first kappa shape index (κ1) is 12.2. The van der Waals surface area contributed by atoms with Crippen LogP contribution in [0.5, 0.6) is 0 Å². The Hall–Kier alpha value is -0.830. The lowest BCUT2D eigenvalue weighted by Gasteiger charge is -2.29. The molecule has 0 spiro atoms. The summed E-state index contributed by atoms with van der Waals surface area (Å²) in [5, 5.41) is 0. The van der Waals surface area contributed by atoms with Crippen molar-refractivity contribution in [3.63, 3.8) is 0 Å². The normalized spacial score (nSPS) is 26.0. The molecule has 0 aliphatic heterocycles. The van der Waals surface area contributed by atoms with E-state index in [9.17, 15) is 4.79 Å². The van der Waals surface area contributed by atoms with E-state index in [1.165, 1.54) is 12.8 Å². The molecule has 0 radical (unpaired) electrons. The molecular formula is C12H22N2O. The van der Waals surface area contributed by atoms with Crippen molar-refractivity contribution in [2.45, 2.75) is 38.1 Å². The van der Waals surface area contributed by atoms with Gasteiger partial charge in [-0.25, -0.2) is 0 Å². The molecule has 1 fully saturated rings. The van der Waals surface area contributed by atoms with Crippen molar-refractivity contribution in [3.8, 4) is 0 Å². The van der Waals surface area contributed by atoms with E-state index < -0.39 is 0 Å². The maximum Gasteiger partial charge on any atom is 0.222 e. The van der Waals surface area contributed by atoms with Crippen LogP contribution in [0.25, 0.3) is 0 Å². The molecule has 0 bridgehead atoms. The number of carbonyl (C=O) groups excluding carboxylic acids is 1. The molecule has 0 aromatic rings. The molecule has 15 heavy (non-hydrogen) atoms. The Labute approximate surface area is 92.3 Å². The number of nitrogens with zero attached hydrogens (tertiary/aromatic N) is 1. The Bertz CT molecular complexity index is 228. The fourth-order valence-electron chi connectivity index (χ4n) is 2.17. The van der Waals surface area contributed by atoms with Crippen LogP contribution in [0.3, 0.4) is 0 Å². The summed E-state index contributed by atoms with van der Waals surface area (Å²) >= 11 is 0. The van der Waals surface area contributed by atoms with Crippen LogP contribution in [-0.2, 0) is 4.79 Å². The standard InChI is InChI=1S/C12H22N2O/c1-3-8-14(2)12(15)9-10-6-4-5-7-11(10)13/h3,10-11H,1,4-9,13H2,2H3. The van der Waals surface area contributed by atoms with Gasteiger partial charge in [0.25, 0.3) is 0 Å². The van der Waals surface area contributed by atoms with Crippen molar-refractivity contribution < 1.29 is 4.79 Å². The van der Waals surface area contributed by atoms with Gasteiger partial charge < -0.3 is 10.6 Å². The Morgan fingerprint density at radius 3 is 2.80 bits per heavy atom. The van der Waals surface area contributed by atoms with Crippen LogP contribution < -0.4 is 5.73 Å². The molecule has 3 heteroatoms. The van der Waals surface area contributed by atoms with E-state index in [0.717, 1.165) is 12.8 Å². The largest absolute Gasteiger partial charge is 0.342 e. The Morgan fingerprint density at radius 1 is 1.53 bits per heavy atom. The van der Waals surface area contributed by atoms with Gasteiger partial charge >= 0.3 is 0 Å². The second kappa shape index (κ2) is 5.91. The lowest BCUT2D eigenvalue weighted by Crippen LogP contribution is -2.37. The SMILES string of the molecule is C=CCN(C)C(=O)CC1CCCCC1N. The number of amides is 1. The van der Waals surface area contributed by atoms with Gasteiger partial charge in [-0.1, -0.05) is 18.9 Å². The molecule has 1 aliphatic rings. The third-order valence-corrected chi connectivity index (χ3v) is 3.23. The number of hydrogen-bond donors (Lipinski definition) is 1. The van der Waals surface area contributed by atoms with Gasteiger partial charge in [0.1, 0.15) is 0 Å². The molecule has 1 saturated carbocycles. The highest BCUT2D eigenvalue weighted by Gasteiger charge is 2.24. The average Bonchev–Trinajstić information content (AvgIpc) is 2.21. The molecule has 1 amide bonds. The van der Waals surface area contributed by atoms with E-state index in [-0.39, 0.29) is 11.9 Å². The highest BCUT2D eigenvalue weighted by molar-refractivity contribution is 5.76. The van der Waals surface area contributed by atoms with E-state index in [0.29, 0.717) is 18.9 Å².